The molecule has 0 radical (unpaired) electrons. The lowest BCUT2D eigenvalue weighted by molar-refractivity contribution is -0.384. The van der Waals surface area contributed by atoms with E-state index in [0.29, 0.717) is 12.2 Å². The number of nitro groups is 1. The molecule has 100 valence electrons. The Hall–Kier alpha value is -1.86. The van der Waals surface area contributed by atoms with Crippen molar-refractivity contribution in [3.05, 3.63) is 28.3 Å². The van der Waals surface area contributed by atoms with Gasteiger partial charge in [-0.15, -0.1) is 0 Å². The summed E-state index contributed by atoms with van der Waals surface area (Å²) in [6.07, 6.45) is -0.476. The highest BCUT2D eigenvalue weighted by Gasteiger charge is 2.20. The molecular formula is C11H16N2O5. The first-order chi connectivity index (χ1) is 8.63. The Bertz CT molecular complexity index is 406. The molecule has 0 atom stereocenters. The van der Waals surface area contributed by atoms with Gasteiger partial charge in [-0.3, -0.25) is 10.1 Å². The van der Waals surface area contributed by atoms with E-state index < -0.39 is 11.2 Å². The Morgan fingerprint density at radius 3 is 2.50 bits per heavy atom. The molecule has 0 bridgehead atoms. The zero-order chi connectivity index (χ0) is 13.5. The summed E-state index contributed by atoms with van der Waals surface area (Å²) in [5, 5.41) is 13.9. The fourth-order valence-electron chi connectivity index (χ4n) is 1.47. The van der Waals surface area contributed by atoms with E-state index in [2.05, 4.69) is 5.32 Å². The summed E-state index contributed by atoms with van der Waals surface area (Å²) in [5.41, 5.74) is 0.254. The lowest BCUT2D eigenvalue weighted by atomic mass is 10.2. The maximum absolute atomic E-state index is 11.0. The first-order valence-electron chi connectivity index (χ1n) is 5.24. The van der Waals surface area contributed by atoms with Crippen molar-refractivity contribution in [3.8, 4) is 5.75 Å². The topological polar surface area (TPSA) is 82.9 Å². The van der Waals surface area contributed by atoms with Crippen molar-refractivity contribution in [2.45, 2.75) is 6.29 Å². The third-order valence-electron chi connectivity index (χ3n) is 2.39. The summed E-state index contributed by atoms with van der Waals surface area (Å²) in [4.78, 5) is 10.5. The van der Waals surface area contributed by atoms with Crippen molar-refractivity contribution < 1.29 is 19.1 Å². The van der Waals surface area contributed by atoms with Crippen LogP contribution in [0.3, 0.4) is 0 Å². The molecule has 0 aliphatic carbocycles. The van der Waals surface area contributed by atoms with Crippen LogP contribution in [0, 0.1) is 10.1 Å². The van der Waals surface area contributed by atoms with E-state index in [4.69, 9.17) is 14.2 Å². The van der Waals surface area contributed by atoms with Crippen LogP contribution >= 0.6 is 0 Å². The molecule has 0 fully saturated rings. The van der Waals surface area contributed by atoms with Gasteiger partial charge in [0.1, 0.15) is 5.69 Å². The van der Waals surface area contributed by atoms with Gasteiger partial charge in [-0.05, 0) is 12.1 Å². The molecule has 0 aromatic heterocycles. The summed E-state index contributed by atoms with van der Waals surface area (Å²) in [7, 11) is 4.38. The molecule has 0 aliphatic rings. The van der Waals surface area contributed by atoms with Crippen LogP contribution < -0.4 is 10.1 Å². The van der Waals surface area contributed by atoms with E-state index in [1.54, 1.807) is 12.1 Å². The van der Waals surface area contributed by atoms with E-state index >= 15 is 0 Å². The molecule has 0 spiro atoms. The molecule has 7 heteroatoms. The van der Waals surface area contributed by atoms with Crippen molar-refractivity contribution in [1.29, 1.82) is 0 Å². The van der Waals surface area contributed by atoms with Gasteiger partial charge in [0, 0.05) is 14.2 Å². The zero-order valence-electron chi connectivity index (χ0n) is 10.5. The Kier molecular flexibility index (Phi) is 5.34. The molecule has 0 saturated carbocycles. The van der Waals surface area contributed by atoms with E-state index in [1.807, 2.05) is 0 Å². The standard InChI is InChI=1S/C11H16N2O5/c1-16-9-6-4-5-8(11(9)13(14)15)12-7-10(17-2)18-3/h4-6,10,12H,7H2,1-3H3. The number of nitrogens with one attached hydrogen (secondary N) is 1. The number of para-hydroxylation sites is 1. The molecule has 1 N–H and O–H groups in total. The van der Waals surface area contributed by atoms with Crippen LogP contribution in [0.2, 0.25) is 0 Å². The second-order valence-electron chi connectivity index (χ2n) is 3.40. The lowest BCUT2D eigenvalue weighted by Gasteiger charge is -2.15. The molecule has 1 aromatic carbocycles. The second kappa shape index (κ2) is 6.77. The summed E-state index contributed by atoms with van der Waals surface area (Å²) < 4.78 is 14.9. The Morgan fingerprint density at radius 1 is 1.33 bits per heavy atom. The zero-order valence-corrected chi connectivity index (χ0v) is 10.5. The first kappa shape index (κ1) is 14.2. The number of methoxy groups -OCH3 is 3. The predicted octanol–water partition coefficient (Wildman–Crippen LogP) is 1.63. The van der Waals surface area contributed by atoms with Crippen molar-refractivity contribution in [2.75, 3.05) is 33.2 Å². The van der Waals surface area contributed by atoms with Crippen molar-refractivity contribution in [3.63, 3.8) is 0 Å². The summed E-state index contributed by atoms with van der Waals surface area (Å²) in [6, 6.07) is 4.80. The highest BCUT2D eigenvalue weighted by Crippen LogP contribution is 2.34. The Morgan fingerprint density at radius 2 is 2.00 bits per heavy atom. The minimum atomic E-state index is -0.490. The maximum Gasteiger partial charge on any atom is 0.333 e. The molecule has 18 heavy (non-hydrogen) atoms. The van der Waals surface area contributed by atoms with Crippen LogP contribution in [0.4, 0.5) is 11.4 Å². The number of hydrogen-bond donors (Lipinski definition) is 1. The second-order valence-corrected chi connectivity index (χ2v) is 3.40. The van der Waals surface area contributed by atoms with Crippen LogP contribution in [0.5, 0.6) is 5.75 Å². The summed E-state index contributed by atoms with van der Waals surface area (Å²) in [6.45, 7) is 0.293. The van der Waals surface area contributed by atoms with Crippen LogP contribution in [-0.4, -0.2) is 39.1 Å². The SMILES string of the molecule is COc1cccc(NCC(OC)OC)c1[N+](=O)[O-]. The minimum Gasteiger partial charge on any atom is -0.490 e. The van der Waals surface area contributed by atoms with Crippen LogP contribution in [0.25, 0.3) is 0 Å². The first-order valence-corrected chi connectivity index (χ1v) is 5.24. The summed E-state index contributed by atoms with van der Waals surface area (Å²) in [5.74, 6) is 0.205. The van der Waals surface area contributed by atoms with Gasteiger partial charge >= 0.3 is 5.69 Å². The van der Waals surface area contributed by atoms with Crippen LogP contribution in [0.15, 0.2) is 18.2 Å². The molecule has 1 aromatic rings. The fourth-order valence-corrected chi connectivity index (χ4v) is 1.47. The molecule has 0 saturated heterocycles. The predicted molar refractivity (Wildman–Crippen MR) is 65.9 cm³/mol. The number of ether oxygens (including phenoxy) is 3. The van der Waals surface area contributed by atoms with E-state index in [0.717, 1.165) is 0 Å². The molecular weight excluding hydrogens is 240 g/mol. The highest BCUT2D eigenvalue weighted by atomic mass is 16.7. The van der Waals surface area contributed by atoms with Gasteiger partial charge in [-0.2, -0.15) is 0 Å². The van der Waals surface area contributed by atoms with E-state index in [9.17, 15) is 10.1 Å². The normalized spacial score (nSPS) is 10.4. The smallest absolute Gasteiger partial charge is 0.333 e. The quantitative estimate of drug-likeness (QED) is 0.453. The number of rotatable bonds is 7. The Labute approximate surface area is 105 Å². The molecule has 1 rings (SSSR count). The minimum absolute atomic E-state index is 0.106. The number of hydrogen-bond acceptors (Lipinski definition) is 6. The average Bonchev–Trinajstić information content (AvgIpc) is 2.39. The van der Waals surface area contributed by atoms with Gasteiger partial charge in [-0.25, -0.2) is 0 Å². The highest BCUT2D eigenvalue weighted by molar-refractivity contribution is 5.68. The maximum atomic E-state index is 11.0. The number of benzene rings is 1. The third kappa shape index (κ3) is 3.31. The van der Waals surface area contributed by atoms with E-state index in [1.165, 1.54) is 27.4 Å². The van der Waals surface area contributed by atoms with Gasteiger partial charge in [0.15, 0.2) is 12.0 Å². The Balaban J connectivity index is 2.91. The number of anilines is 1. The largest absolute Gasteiger partial charge is 0.490 e. The number of nitro benzene ring substituents is 1. The van der Waals surface area contributed by atoms with Gasteiger partial charge in [0.25, 0.3) is 0 Å². The van der Waals surface area contributed by atoms with Crippen molar-refractivity contribution >= 4 is 11.4 Å². The third-order valence-corrected chi connectivity index (χ3v) is 2.39. The molecule has 0 aliphatic heterocycles. The van der Waals surface area contributed by atoms with Gasteiger partial charge in [0.05, 0.1) is 18.6 Å². The van der Waals surface area contributed by atoms with Crippen LogP contribution in [0.1, 0.15) is 0 Å². The van der Waals surface area contributed by atoms with Gasteiger partial charge < -0.3 is 19.5 Å². The average molecular weight is 256 g/mol. The number of nitrogens with zero attached hydrogens (tertiary/aromatic N) is 1. The van der Waals surface area contributed by atoms with Gasteiger partial charge in [-0.1, -0.05) is 6.07 Å². The van der Waals surface area contributed by atoms with Crippen molar-refractivity contribution in [1.82, 2.24) is 0 Å². The molecule has 0 unspecified atom stereocenters. The molecule has 0 heterocycles. The summed E-state index contributed by atoms with van der Waals surface area (Å²) >= 11 is 0. The fraction of sp³-hybridized carbons (Fsp3) is 0.455. The lowest BCUT2D eigenvalue weighted by Crippen LogP contribution is -2.23. The van der Waals surface area contributed by atoms with Crippen LogP contribution in [-0.2, 0) is 9.47 Å². The molecule has 7 nitrogen and oxygen atoms in total. The monoisotopic (exact) mass is 256 g/mol. The van der Waals surface area contributed by atoms with Crippen molar-refractivity contribution in [2.24, 2.45) is 0 Å². The molecule has 0 amide bonds. The van der Waals surface area contributed by atoms with Gasteiger partial charge in [0.2, 0.25) is 0 Å². The van der Waals surface area contributed by atoms with E-state index in [-0.39, 0.29) is 11.4 Å².